The number of rotatable bonds is 6. The van der Waals surface area contributed by atoms with E-state index in [-0.39, 0.29) is 18.2 Å². The van der Waals surface area contributed by atoms with Crippen LogP contribution < -0.4 is 10.6 Å². The first-order chi connectivity index (χ1) is 16.3. The number of nitrogens with one attached hydrogen (secondary N) is 2. The molecule has 8 nitrogen and oxygen atoms in total. The molecule has 1 atom stereocenters. The van der Waals surface area contributed by atoms with Gasteiger partial charge in [-0.2, -0.15) is 10.2 Å². The molecule has 0 spiro atoms. The minimum absolute atomic E-state index is 0.0183. The number of hydrogen-bond acceptors (Lipinski definition) is 6. The molecule has 0 aliphatic carbocycles. The highest BCUT2D eigenvalue weighted by atomic mass is 35.5. The van der Waals surface area contributed by atoms with Crippen molar-refractivity contribution in [3.8, 4) is 5.69 Å². The third-order valence-electron chi connectivity index (χ3n) is 4.92. The molecular formula is C23H20Cl2N6O2S. The largest absolute Gasteiger partial charge is 0.326 e. The van der Waals surface area contributed by atoms with Gasteiger partial charge in [0.2, 0.25) is 11.8 Å². The summed E-state index contributed by atoms with van der Waals surface area (Å²) < 4.78 is 1.56. The number of aromatic nitrogens is 2. The maximum absolute atomic E-state index is 12.3. The van der Waals surface area contributed by atoms with Crippen LogP contribution in [0.4, 0.5) is 5.69 Å². The van der Waals surface area contributed by atoms with Gasteiger partial charge in [-0.3, -0.25) is 9.59 Å². The molecule has 2 heterocycles. The maximum Gasteiger partial charge on any atom is 0.240 e. The molecule has 3 aromatic rings. The Hall–Kier alpha value is -3.14. The van der Waals surface area contributed by atoms with E-state index < -0.39 is 5.25 Å². The van der Waals surface area contributed by atoms with E-state index in [0.717, 1.165) is 23.0 Å². The van der Waals surface area contributed by atoms with Crippen LogP contribution in [0.3, 0.4) is 0 Å². The van der Waals surface area contributed by atoms with Crippen LogP contribution in [0.5, 0.6) is 0 Å². The number of nitrogens with zero attached hydrogens (tertiary/aromatic N) is 4. The summed E-state index contributed by atoms with van der Waals surface area (Å²) in [5.74, 6) is -0.543. The molecule has 1 saturated heterocycles. The van der Waals surface area contributed by atoms with Gasteiger partial charge in [-0.1, -0.05) is 58.7 Å². The fourth-order valence-electron chi connectivity index (χ4n) is 3.18. The van der Waals surface area contributed by atoms with Crippen molar-refractivity contribution < 1.29 is 9.59 Å². The van der Waals surface area contributed by atoms with E-state index in [1.165, 1.54) is 6.21 Å². The molecule has 0 saturated carbocycles. The monoisotopic (exact) mass is 514 g/mol. The molecule has 0 bridgehead atoms. The zero-order valence-corrected chi connectivity index (χ0v) is 20.6. The van der Waals surface area contributed by atoms with Crippen LogP contribution in [0.1, 0.15) is 23.2 Å². The first kappa shape index (κ1) is 24.0. The fraction of sp³-hybridized carbons (Fsp3) is 0.174. The van der Waals surface area contributed by atoms with Crippen LogP contribution >= 0.6 is 35.0 Å². The Kier molecular flexibility index (Phi) is 7.35. The van der Waals surface area contributed by atoms with Crippen LogP contribution in [0, 0.1) is 13.8 Å². The summed E-state index contributed by atoms with van der Waals surface area (Å²) in [5, 5.41) is 18.6. The van der Waals surface area contributed by atoms with Gasteiger partial charge in [-0.05, 0) is 44.2 Å². The van der Waals surface area contributed by atoms with E-state index in [1.54, 1.807) is 23.7 Å². The second-order valence-corrected chi connectivity index (χ2v) is 9.53. The van der Waals surface area contributed by atoms with Crippen molar-refractivity contribution in [2.45, 2.75) is 25.5 Å². The average Bonchev–Trinajstić information content (AvgIpc) is 3.28. The first-order valence-corrected chi connectivity index (χ1v) is 11.9. The second-order valence-electron chi connectivity index (χ2n) is 7.55. The summed E-state index contributed by atoms with van der Waals surface area (Å²) in [6.45, 7) is 3.77. The van der Waals surface area contributed by atoms with Crippen LogP contribution in [0.15, 0.2) is 58.7 Å². The minimum Gasteiger partial charge on any atom is -0.326 e. The molecule has 2 N–H and O–H groups in total. The van der Waals surface area contributed by atoms with E-state index in [4.69, 9.17) is 23.2 Å². The van der Waals surface area contributed by atoms with Crippen LogP contribution in [-0.4, -0.2) is 38.2 Å². The standard InChI is InChI=1S/C23H20Cl2N6O2S/c1-13-6-8-16(9-7-13)27-20(32)11-19-22(33)28-23(34-19)29-26-12-18-14(2)30-31(21(18)25)17-5-3-4-15(24)10-17/h3-10,12,19H,11H2,1-2H3,(H,27,32)(H,28,29,33)/b26-12-/t19-/m1/s1. The second kappa shape index (κ2) is 10.4. The lowest BCUT2D eigenvalue weighted by Crippen LogP contribution is -2.28. The maximum atomic E-state index is 12.3. The average molecular weight is 515 g/mol. The van der Waals surface area contributed by atoms with Crippen molar-refractivity contribution >= 4 is 63.8 Å². The number of carbonyl (C=O) groups excluding carboxylic acids is 2. The summed E-state index contributed by atoms with van der Waals surface area (Å²) >= 11 is 13.7. The number of amidine groups is 1. The molecule has 1 aromatic heterocycles. The fourth-order valence-corrected chi connectivity index (χ4v) is 4.61. The van der Waals surface area contributed by atoms with Gasteiger partial charge >= 0.3 is 0 Å². The number of aryl methyl sites for hydroxylation is 2. The Bertz CT molecular complexity index is 1300. The van der Waals surface area contributed by atoms with E-state index >= 15 is 0 Å². The number of halogens is 2. The lowest BCUT2D eigenvalue weighted by molar-refractivity contribution is -0.122. The number of amides is 2. The Morgan fingerprint density at radius 3 is 2.74 bits per heavy atom. The quantitative estimate of drug-likeness (QED) is 0.366. The van der Waals surface area contributed by atoms with Crippen LogP contribution in [-0.2, 0) is 9.59 Å². The molecule has 1 aliphatic heterocycles. The predicted octanol–water partition coefficient (Wildman–Crippen LogP) is 4.75. The summed E-state index contributed by atoms with van der Waals surface area (Å²) in [6, 6.07) is 14.6. The highest BCUT2D eigenvalue weighted by molar-refractivity contribution is 8.15. The van der Waals surface area contributed by atoms with Crippen molar-refractivity contribution in [3.63, 3.8) is 0 Å². The van der Waals surface area contributed by atoms with Crippen molar-refractivity contribution in [2.75, 3.05) is 5.32 Å². The molecule has 2 amide bonds. The van der Waals surface area contributed by atoms with Gasteiger partial charge in [0.15, 0.2) is 5.17 Å². The van der Waals surface area contributed by atoms with Gasteiger partial charge in [-0.25, -0.2) is 4.68 Å². The third kappa shape index (κ3) is 5.67. The van der Waals surface area contributed by atoms with Gasteiger partial charge < -0.3 is 10.6 Å². The molecule has 1 fully saturated rings. The van der Waals surface area contributed by atoms with E-state index in [9.17, 15) is 9.59 Å². The van der Waals surface area contributed by atoms with Crippen molar-refractivity contribution in [2.24, 2.45) is 10.2 Å². The molecule has 2 aromatic carbocycles. The molecule has 34 heavy (non-hydrogen) atoms. The van der Waals surface area contributed by atoms with Gasteiger partial charge in [0.1, 0.15) is 10.4 Å². The van der Waals surface area contributed by atoms with Gasteiger partial charge in [0.25, 0.3) is 0 Å². The lowest BCUT2D eigenvalue weighted by atomic mass is 10.2. The molecule has 174 valence electrons. The van der Waals surface area contributed by atoms with Crippen LogP contribution in [0.25, 0.3) is 5.69 Å². The molecule has 4 rings (SSSR count). The smallest absolute Gasteiger partial charge is 0.240 e. The van der Waals surface area contributed by atoms with Crippen molar-refractivity contribution in [1.29, 1.82) is 0 Å². The molecule has 1 aliphatic rings. The van der Waals surface area contributed by atoms with E-state index in [0.29, 0.717) is 32.3 Å². The number of hydrogen-bond donors (Lipinski definition) is 2. The van der Waals surface area contributed by atoms with Gasteiger partial charge in [0, 0.05) is 17.1 Å². The topological polar surface area (TPSA) is 101 Å². The number of anilines is 1. The molecular weight excluding hydrogens is 495 g/mol. The summed E-state index contributed by atoms with van der Waals surface area (Å²) in [4.78, 5) is 24.6. The number of benzene rings is 2. The lowest BCUT2D eigenvalue weighted by Gasteiger charge is -2.07. The number of thioether (sulfide) groups is 1. The number of carbonyl (C=O) groups is 2. The van der Waals surface area contributed by atoms with Crippen LogP contribution in [0.2, 0.25) is 10.2 Å². The summed E-state index contributed by atoms with van der Waals surface area (Å²) in [5.41, 5.74) is 3.75. The summed E-state index contributed by atoms with van der Waals surface area (Å²) in [7, 11) is 0. The normalized spacial score (nSPS) is 16.9. The zero-order valence-electron chi connectivity index (χ0n) is 18.3. The predicted molar refractivity (Wildman–Crippen MR) is 137 cm³/mol. The summed E-state index contributed by atoms with van der Waals surface area (Å²) in [6.07, 6.45) is 1.49. The Morgan fingerprint density at radius 1 is 1.24 bits per heavy atom. The molecule has 0 radical (unpaired) electrons. The molecule has 11 heteroatoms. The third-order valence-corrected chi connectivity index (χ3v) is 6.59. The van der Waals surface area contributed by atoms with Crippen molar-refractivity contribution in [3.05, 3.63) is 75.5 Å². The van der Waals surface area contributed by atoms with E-state index in [1.807, 2.05) is 43.3 Å². The Balaban J connectivity index is 1.40. The van der Waals surface area contributed by atoms with E-state index in [2.05, 4.69) is 25.9 Å². The Morgan fingerprint density at radius 2 is 2.00 bits per heavy atom. The SMILES string of the molecule is Cc1ccc(NC(=O)C[C@H]2S/C(=N\N=C/c3c(C)nn(-c4cccc(Cl)c4)c3Cl)NC2=O)cc1. The molecule has 0 unspecified atom stereocenters. The highest BCUT2D eigenvalue weighted by Gasteiger charge is 2.32. The zero-order chi connectivity index (χ0) is 24.2. The van der Waals surface area contributed by atoms with Gasteiger partial charge in [0.05, 0.1) is 23.2 Å². The Labute approximate surface area is 210 Å². The van der Waals surface area contributed by atoms with Crippen molar-refractivity contribution in [1.82, 2.24) is 15.1 Å². The van der Waals surface area contributed by atoms with Gasteiger partial charge in [-0.15, -0.1) is 5.10 Å². The highest BCUT2D eigenvalue weighted by Crippen LogP contribution is 2.25. The minimum atomic E-state index is -0.588. The first-order valence-electron chi connectivity index (χ1n) is 10.3.